The fourth-order valence-corrected chi connectivity index (χ4v) is 1.85. The minimum Gasteiger partial charge on any atom is -0.358 e. The Kier molecular flexibility index (Phi) is 3.56. The predicted octanol–water partition coefficient (Wildman–Crippen LogP) is 3.08. The summed E-state index contributed by atoms with van der Waals surface area (Å²) in [7, 11) is 0. The van der Waals surface area contributed by atoms with E-state index in [1.807, 2.05) is 19.1 Å². The van der Waals surface area contributed by atoms with E-state index in [0.717, 1.165) is 16.8 Å². The van der Waals surface area contributed by atoms with Crippen molar-refractivity contribution in [1.29, 1.82) is 0 Å². The van der Waals surface area contributed by atoms with Gasteiger partial charge in [-0.05, 0) is 13.0 Å². The van der Waals surface area contributed by atoms with Crippen LogP contribution in [-0.2, 0) is 0 Å². The lowest BCUT2D eigenvalue weighted by atomic mass is 10.0. The molecule has 0 radical (unpaired) electrons. The van der Waals surface area contributed by atoms with Crippen LogP contribution in [0.3, 0.4) is 0 Å². The maximum atomic E-state index is 5.97. The van der Waals surface area contributed by atoms with Gasteiger partial charge in [0.05, 0.1) is 6.04 Å². The number of benzene rings is 1. The van der Waals surface area contributed by atoms with Crippen LogP contribution in [0.2, 0.25) is 0 Å². The summed E-state index contributed by atoms with van der Waals surface area (Å²) in [5.41, 5.74) is 9.38. The highest BCUT2D eigenvalue weighted by atomic mass is 35.5. The Bertz CT molecular complexity index is 473. The molecule has 80 valence electrons. The van der Waals surface area contributed by atoms with Crippen molar-refractivity contribution in [3.8, 4) is 0 Å². The molecule has 3 N–H and O–H groups in total. The number of halogens is 1. The first kappa shape index (κ1) is 11.8. The Morgan fingerprint density at radius 3 is 2.73 bits per heavy atom. The summed E-state index contributed by atoms with van der Waals surface area (Å²) in [5.74, 6) is 0. The average Bonchev–Trinajstić information content (AvgIpc) is 2.53. The van der Waals surface area contributed by atoms with Crippen LogP contribution in [0.4, 0.5) is 0 Å². The molecule has 0 bridgehead atoms. The van der Waals surface area contributed by atoms with Crippen molar-refractivity contribution in [3.05, 3.63) is 48.2 Å². The van der Waals surface area contributed by atoms with E-state index >= 15 is 0 Å². The number of rotatable bonds is 2. The Morgan fingerprint density at radius 2 is 2.07 bits per heavy atom. The van der Waals surface area contributed by atoms with Gasteiger partial charge in [-0.25, -0.2) is 0 Å². The third-order valence-corrected chi connectivity index (χ3v) is 2.53. The van der Waals surface area contributed by atoms with Crippen molar-refractivity contribution < 1.29 is 0 Å². The lowest BCUT2D eigenvalue weighted by Crippen LogP contribution is -2.07. The summed E-state index contributed by atoms with van der Waals surface area (Å²) in [4.78, 5) is 3.31. The van der Waals surface area contributed by atoms with Gasteiger partial charge in [0, 0.05) is 22.2 Å². The molecule has 15 heavy (non-hydrogen) atoms. The van der Waals surface area contributed by atoms with Crippen LogP contribution in [-0.4, -0.2) is 4.98 Å². The zero-order chi connectivity index (χ0) is 10.1. The molecule has 2 nitrogen and oxygen atoms in total. The Morgan fingerprint density at radius 1 is 1.40 bits per heavy atom. The highest BCUT2D eigenvalue weighted by Crippen LogP contribution is 2.26. The van der Waals surface area contributed by atoms with E-state index in [4.69, 9.17) is 5.73 Å². The molecule has 0 saturated heterocycles. The van der Waals surface area contributed by atoms with Crippen molar-refractivity contribution in [3.63, 3.8) is 0 Å². The van der Waals surface area contributed by atoms with Crippen LogP contribution in [0.15, 0.2) is 36.9 Å². The zero-order valence-corrected chi connectivity index (χ0v) is 9.47. The van der Waals surface area contributed by atoms with E-state index in [1.165, 1.54) is 5.39 Å². The number of nitrogens with one attached hydrogen (secondary N) is 1. The summed E-state index contributed by atoms with van der Waals surface area (Å²) in [6.07, 6.45) is 1.77. The second-order valence-electron chi connectivity index (χ2n) is 3.47. The first-order valence-electron chi connectivity index (χ1n) is 4.69. The quantitative estimate of drug-likeness (QED) is 0.754. The van der Waals surface area contributed by atoms with Gasteiger partial charge in [-0.1, -0.05) is 24.3 Å². The molecule has 0 amide bonds. The van der Waals surface area contributed by atoms with E-state index in [1.54, 1.807) is 6.08 Å². The van der Waals surface area contributed by atoms with Gasteiger partial charge in [0.1, 0.15) is 0 Å². The largest absolute Gasteiger partial charge is 0.358 e. The van der Waals surface area contributed by atoms with Crippen molar-refractivity contribution in [2.75, 3.05) is 0 Å². The van der Waals surface area contributed by atoms with Gasteiger partial charge in [0.25, 0.3) is 0 Å². The number of aromatic amines is 1. The first-order chi connectivity index (χ1) is 6.74. The molecule has 3 heteroatoms. The molecule has 0 aliphatic rings. The monoisotopic (exact) mass is 222 g/mol. The number of nitrogens with two attached hydrogens (primary N) is 1. The molecule has 1 atom stereocenters. The Balaban J connectivity index is 0.00000112. The van der Waals surface area contributed by atoms with Crippen molar-refractivity contribution >= 4 is 23.3 Å². The molecular weight excluding hydrogens is 208 g/mol. The first-order valence-corrected chi connectivity index (χ1v) is 4.69. The SMILES string of the molecule is C=C[C@@H](N)c1c(C)[nH]c2ccccc12.Cl. The van der Waals surface area contributed by atoms with Crippen LogP contribution in [0.1, 0.15) is 17.3 Å². The van der Waals surface area contributed by atoms with Crippen molar-refractivity contribution in [2.24, 2.45) is 5.73 Å². The molecule has 0 aliphatic carbocycles. The molecule has 2 rings (SSSR count). The van der Waals surface area contributed by atoms with Gasteiger partial charge in [0.15, 0.2) is 0 Å². The molecule has 2 aromatic rings. The normalized spacial score (nSPS) is 12.1. The van der Waals surface area contributed by atoms with Crippen LogP contribution in [0.25, 0.3) is 10.9 Å². The minimum absolute atomic E-state index is 0. The van der Waals surface area contributed by atoms with Gasteiger partial charge in [-0.15, -0.1) is 19.0 Å². The summed E-state index contributed by atoms with van der Waals surface area (Å²) in [6, 6.07) is 8.08. The molecule has 0 spiro atoms. The number of fused-ring (bicyclic) bond motifs is 1. The lowest BCUT2D eigenvalue weighted by molar-refractivity contribution is 0.910. The topological polar surface area (TPSA) is 41.8 Å². The van der Waals surface area contributed by atoms with E-state index in [9.17, 15) is 0 Å². The molecule has 0 saturated carbocycles. The molecule has 1 heterocycles. The van der Waals surface area contributed by atoms with E-state index in [2.05, 4.69) is 23.7 Å². The van der Waals surface area contributed by atoms with Crippen LogP contribution in [0.5, 0.6) is 0 Å². The number of aromatic nitrogens is 1. The molecule has 0 unspecified atom stereocenters. The molecule has 0 fully saturated rings. The highest BCUT2D eigenvalue weighted by Gasteiger charge is 2.11. The zero-order valence-electron chi connectivity index (χ0n) is 8.66. The van der Waals surface area contributed by atoms with Gasteiger partial charge < -0.3 is 10.7 Å². The second-order valence-corrected chi connectivity index (χ2v) is 3.47. The van der Waals surface area contributed by atoms with Crippen LogP contribution in [0, 0.1) is 6.92 Å². The summed E-state index contributed by atoms with van der Waals surface area (Å²) in [6.45, 7) is 5.77. The van der Waals surface area contributed by atoms with E-state index in [0.29, 0.717) is 0 Å². The fourth-order valence-electron chi connectivity index (χ4n) is 1.85. The Labute approximate surface area is 95.6 Å². The minimum atomic E-state index is -0.0915. The van der Waals surface area contributed by atoms with E-state index in [-0.39, 0.29) is 18.4 Å². The summed E-state index contributed by atoms with van der Waals surface area (Å²) >= 11 is 0. The van der Waals surface area contributed by atoms with Crippen molar-refractivity contribution in [1.82, 2.24) is 4.98 Å². The maximum Gasteiger partial charge on any atom is 0.0502 e. The maximum absolute atomic E-state index is 5.97. The van der Waals surface area contributed by atoms with Crippen LogP contribution < -0.4 is 5.73 Å². The number of H-pyrrole nitrogens is 1. The smallest absolute Gasteiger partial charge is 0.0502 e. The molecular formula is C12H15ClN2. The standard InChI is InChI=1S/C12H14N2.ClH/c1-3-10(13)12-8(2)14-11-7-5-4-6-9(11)12;/h3-7,10,14H,1,13H2,2H3;1H/t10-;/m1./s1. The third kappa shape index (κ3) is 1.91. The van der Waals surface area contributed by atoms with Gasteiger partial charge in [-0.3, -0.25) is 0 Å². The average molecular weight is 223 g/mol. The summed E-state index contributed by atoms with van der Waals surface area (Å²) < 4.78 is 0. The van der Waals surface area contributed by atoms with E-state index < -0.39 is 0 Å². The number of para-hydroxylation sites is 1. The fraction of sp³-hybridized carbons (Fsp3) is 0.167. The lowest BCUT2D eigenvalue weighted by Gasteiger charge is -2.05. The van der Waals surface area contributed by atoms with Gasteiger partial charge in [-0.2, -0.15) is 0 Å². The predicted molar refractivity (Wildman–Crippen MR) is 67.4 cm³/mol. The second kappa shape index (κ2) is 4.51. The molecule has 1 aromatic heterocycles. The highest BCUT2D eigenvalue weighted by molar-refractivity contribution is 5.85. The third-order valence-electron chi connectivity index (χ3n) is 2.53. The van der Waals surface area contributed by atoms with Gasteiger partial charge in [0.2, 0.25) is 0 Å². The number of hydrogen-bond acceptors (Lipinski definition) is 1. The van der Waals surface area contributed by atoms with Gasteiger partial charge >= 0.3 is 0 Å². The van der Waals surface area contributed by atoms with Crippen LogP contribution >= 0.6 is 12.4 Å². The summed E-state index contributed by atoms with van der Waals surface area (Å²) in [5, 5.41) is 1.19. The van der Waals surface area contributed by atoms with Crippen molar-refractivity contribution in [2.45, 2.75) is 13.0 Å². The number of hydrogen-bond donors (Lipinski definition) is 2. The Hall–Kier alpha value is -1.25. The molecule has 1 aromatic carbocycles. The molecule has 0 aliphatic heterocycles. The number of aryl methyl sites for hydroxylation is 1.